The van der Waals surface area contributed by atoms with E-state index >= 15 is 0 Å². The lowest BCUT2D eigenvalue weighted by atomic mass is 9.80. The Labute approximate surface area is 368 Å². The zero-order valence-electron chi connectivity index (χ0n) is 36.2. The van der Waals surface area contributed by atoms with Gasteiger partial charge in [0.05, 0.1) is 55.0 Å². The van der Waals surface area contributed by atoms with Gasteiger partial charge in [0.25, 0.3) is 11.4 Å². The molecule has 0 fully saturated rings. The number of hydrogen-bond donors (Lipinski definition) is 0. The Morgan fingerprint density at radius 3 is 1.90 bits per heavy atom. The van der Waals surface area contributed by atoms with E-state index in [0.29, 0.717) is 6.42 Å². The first-order valence-corrected chi connectivity index (χ1v) is 21.5. The zero-order chi connectivity index (χ0) is 45.7. The molecule has 0 saturated carbocycles. The Morgan fingerprint density at radius 1 is 0.810 bits per heavy atom. The van der Waals surface area contributed by atoms with Crippen LogP contribution in [0.15, 0.2) is 109 Å². The van der Waals surface area contributed by atoms with E-state index in [0.717, 1.165) is 0 Å². The average molecular weight is 859 g/mol. The molecule has 0 N–H and O–H groups in total. The number of ether oxygens (including phenoxy) is 2. The lowest BCUT2D eigenvalue weighted by Gasteiger charge is -2.23. The second kappa shape index (κ2) is 18.4. The van der Waals surface area contributed by atoms with Gasteiger partial charge < -0.3 is 18.9 Å². The van der Waals surface area contributed by atoms with Crippen LogP contribution in [0.5, 0.6) is 11.5 Å². The predicted octanol–water partition coefficient (Wildman–Crippen LogP) is 8.30. The molecule has 2 heterocycles. The van der Waals surface area contributed by atoms with Crippen molar-refractivity contribution in [2.45, 2.75) is 51.9 Å². The molecule has 7 rings (SSSR count). The Kier molecular flexibility index (Phi) is 13.2. The van der Waals surface area contributed by atoms with Crippen LogP contribution in [0.25, 0.3) is 42.6 Å². The third-order valence-electron chi connectivity index (χ3n) is 11.4. The van der Waals surface area contributed by atoms with Gasteiger partial charge in [0.15, 0.2) is 5.71 Å². The molecule has 0 aliphatic carbocycles. The van der Waals surface area contributed by atoms with E-state index in [-0.39, 0.29) is 50.8 Å². The molecule has 0 saturated heterocycles. The van der Waals surface area contributed by atoms with E-state index in [1.54, 1.807) is 12.1 Å². The summed E-state index contributed by atoms with van der Waals surface area (Å²) < 4.78 is 48.7. The Morgan fingerprint density at radius 2 is 1.35 bits per heavy atom. The van der Waals surface area contributed by atoms with Crippen LogP contribution in [0.1, 0.15) is 52.2 Å². The molecular weight excluding hydrogens is 813 g/mol. The highest BCUT2D eigenvalue weighted by Crippen LogP contribution is 2.50. The molecule has 0 unspecified atom stereocenters. The van der Waals surface area contributed by atoms with Crippen LogP contribution in [-0.4, -0.2) is 57.2 Å². The molecule has 0 radical (unpaired) electrons. The summed E-state index contributed by atoms with van der Waals surface area (Å²) >= 11 is 0. The van der Waals surface area contributed by atoms with Crippen molar-refractivity contribution in [3.8, 4) is 23.6 Å². The number of nitriles is 2. The predicted molar refractivity (Wildman–Crippen MR) is 244 cm³/mol. The van der Waals surface area contributed by atoms with Crippen LogP contribution >= 0.6 is 0 Å². The van der Waals surface area contributed by atoms with Crippen molar-refractivity contribution in [2.24, 2.45) is 0 Å². The fourth-order valence-corrected chi connectivity index (χ4v) is 8.70. The number of anilines is 1. The second-order valence-corrected chi connectivity index (χ2v) is 17.0. The number of rotatable bonds is 10. The minimum absolute atomic E-state index is 0.0274. The monoisotopic (exact) mass is 858 g/mol. The Bertz CT molecular complexity index is 3140. The van der Waals surface area contributed by atoms with Crippen LogP contribution in [0.2, 0.25) is 0 Å². The minimum atomic E-state index is -4.90. The fourth-order valence-electron chi connectivity index (χ4n) is 8.43. The van der Waals surface area contributed by atoms with Crippen molar-refractivity contribution < 1.29 is 31.2 Å². The number of allylic oxidation sites excluding steroid dienone is 4. The van der Waals surface area contributed by atoms with Gasteiger partial charge >= 0.3 is 0 Å². The van der Waals surface area contributed by atoms with Crippen LogP contribution in [-0.2, 0) is 25.4 Å². The molecule has 0 bridgehead atoms. The van der Waals surface area contributed by atoms with Crippen molar-refractivity contribution in [3.63, 3.8) is 0 Å². The smallest absolute Gasteiger partial charge is 0.272 e. The number of fused-ring (bicyclic) bond motifs is 6. The standard InChI is InChI=1S/C33H33N2.C17H14N4O6S/c1-32(2)26-20-18-22-12-7-9-14-24(22)30(26)34(5)28(32)16-11-17-29-33(3,4)27-21-19-23-13-8-10-15-25(23)31(27)35(29)6;1-4-5-25-16-8-13(15(11-19)21-3)17(9-12(16)14(10-18)20-2)26-6-7-27-28(22,23)24/h7-21H,1-6H3;8-9H,4-7H2,1H3,(H,22,23,24)/q+1;/p-1/b;14-12-,15-13+. The van der Waals surface area contributed by atoms with Gasteiger partial charge in [-0.1, -0.05) is 93.6 Å². The number of nitrogens with zero attached hydrogens (tertiary/aromatic N) is 6. The minimum Gasteiger partial charge on any atom is -0.726 e. The van der Waals surface area contributed by atoms with Crippen molar-refractivity contribution >= 4 is 60.4 Å². The van der Waals surface area contributed by atoms with Crippen LogP contribution < -0.4 is 24.8 Å². The second-order valence-electron chi connectivity index (χ2n) is 15.9. The van der Waals surface area contributed by atoms with Gasteiger partial charge in [-0.25, -0.2) is 28.6 Å². The maximum absolute atomic E-state index is 10.5. The van der Waals surface area contributed by atoms with E-state index in [1.807, 2.05) is 6.92 Å². The zero-order valence-corrected chi connectivity index (χ0v) is 37.0. The third kappa shape index (κ3) is 8.91. The van der Waals surface area contributed by atoms with E-state index in [2.05, 4.69) is 156 Å². The molecule has 318 valence electrons. The van der Waals surface area contributed by atoms with Crippen LogP contribution in [0.4, 0.5) is 11.4 Å². The number of hydrogen-bond acceptors (Lipinski definition) is 9. The maximum Gasteiger partial charge on any atom is 0.272 e. The maximum atomic E-state index is 10.5. The van der Waals surface area contributed by atoms with Crippen molar-refractivity contribution in [1.82, 2.24) is 0 Å². The van der Waals surface area contributed by atoms with Gasteiger partial charge in [-0.15, -0.1) is 0 Å². The molecule has 0 aromatic heterocycles. The summed E-state index contributed by atoms with van der Waals surface area (Å²) in [5, 5.41) is 23.7. The van der Waals surface area contributed by atoms with Gasteiger partial charge in [0.2, 0.25) is 16.1 Å². The first kappa shape index (κ1) is 45.3. The highest BCUT2D eigenvalue weighted by Gasteiger charge is 2.44. The Balaban J connectivity index is 0.000000216. The summed E-state index contributed by atoms with van der Waals surface area (Å²) in [4.78, 5) is 8.61. The van der Waals surface area contributed by atoms with Crippen LogP contribution in [0.3, 0.4) is 0 Å². The average Bonchev–Trinajstić information content (AvgIpc) is 3.59. The van der Waals surface area contributed by atoms with Crippen molar-refractivity contribution in [2.75, 3.05) is 38.8 Å². The third-order valence-corrected chi connectivity index (χ3v) is 11.8. The molecule has 5 aromatic rings. The first-order chi connectivity index (χ1) is 30.0. The Hall–Kier alpha value is -7.26. The fraction of sp³-hybridized carbons (Fsp3) is 0.260. The van der Waals surface area contributed by atoms with Crippen molar-refractivity contribution in [1.29, 1.82) is 10.5 Å². The summed E-state index contributed by atoms with van der Waals surface area (Å²) in [5.41, 5.74) is 7.33. The van der Waals surface area contributed by atoms with Crippen molar-refractivity contribution in [3.05, 3.63) is 153 Å². The SMILES string of the molecule is CN1/C(=C\C=C\C2=[N+](C)c3c(ccc4ccccc34)C2(C)C)C(C)(C)c2ccc3ccccc3c21.[C-]#[N+]/C(C#N)=c1/cc(OCCOS(=O)(=O)[O-])/c(=C(\C#N)[N+]#[C-])cc1OCCC. The quantitative estimate of drug-likeness (QED) is 0.0445. The molecule has 13 heteroatoms. The molecule has 2 aliphatic heterocycles. The van der Waals surface area contributed by atoms with E-state index in [4.69, 9.17) is 22.6 Å². The lowest BCUT2D eigenvalue weighted by Crippen LogP contribution is -2.26. The van der Waals surface area contributed by atoms with Crippen LogP contribution in [0, 0.1) is 35.8 Å². The van der Waals surface area contributed by atoms with Gasteiger partial charge in [0.1, 0.15) is 25.2 Å². The number of likely N-dealkylation sites (N-methyl/N-ethyl adjacent to an activating group) is 1. The molecule has 2 aliphatic rings. The van der Waals surface area contributed by atoms with E-state index < -0.39 is 23.6 Å². The topological polar surface area (TPSA) is 147 Å². The first-order valence-electron chi connectivity index (χ1n) is 20.2. The largest absolute Gasteiger partial charge is 0.726 e. The molecule has 12 nitrogen and oxygen atoms in total. The highest BCUT2D eigenvalue weighted by molar-refractivity contribution is 7.80. The summed E-state index contributed by atoms with van der Waals surface area (Å²) in [6.45, 7) is 24.7. The summed E-state index contributed by atoms with van der Waals surface area (Å²) in [5.74, 6) is 0.0428. The summed E-state index contributed by atoms with van der Waals surface area (Å²) in [6, 6.07) is 32.5. The highest BCUT2D eigenvalue weighted by atomic mass is 32.3. The summed E-state index contributed by atoms with van der Waals surface area (Å²) in [7, 11) is -0.486. The molecule has 0 spiro atoms. The summed E-state index contributed by atoms with van der Waals surface area (Å²) in [6.07, 6.45) is 7.51. The van der Waals surface area contributed by atoms with E-state index in [9.17, 15) is 23.5 Å². The molecule has 63 heavy (non-hydrogen) atoms. The normalized spacial score (nSPS) is 16.3. The molecular formula is C50H46N6O6S. The molecule has 0 atom stereocenters. The molecule has 5 aromatic carbocycles. The van der Waals surface area contributed by atoms with Gasteiger partial charge in [-0.2, -0.15) is 4.58 Å². The van der Waals surface area contributed by atoms with E-state index in [1.165, 1.54) is 67.6 Å². The van der Waals surface area contributed by atoms with Gasteiger partial charge in [-0.3, -0.25) is 4.18 Å². The number of benzene rings is 5. The van der Waals surface area contributed by atoms with Gasteiger partial charge in [0, 0.05) is 45.6 Å². The molecule has 0 amide bonds. The van der Waals surface area contributed by atoms with Gasteiger partial charge in [-0.05, 0) is 60.9 Å². The lowest BCUT2D eigenvalue weighted by molar-refractivity contribution is -0.399.